The van der Waals surface area contributed by atoms with Gasteiger partial charge in [0.25, 0.3) is 5.91 Å². The molecule has 1 aromatic rings. The van der Waals surface area contributed by atoms with Crippen molar-refractivity contribution >= 4 is 27.8 Å². The molecule has 1 rings (SSSR count). The Morgan fingerprint density at radius 1 is 1.39 bits per heavy atom. The number of benzene rings is 1. The number of carbonyl (C=O) groups excluding carboxylic acids is 1. The van der Waals surface area contributed by atoms with Crippen LogP contribution in [0.3, 0.4) is 0 Å². The summed E-state index contributed by atoms with van der Waals surface area (Å²) in [5, 5.41) is 11.6. The van der Waals surface area contributed by atoms with Gasteiger partial charge in [-0.2, -0.15) is 0 Å². The highest BCUT2D eigenvalue weighted by Crippen LogP contribution is 2.16. The number of hydrogen-bond acceptors (Lipinski definition) is 2. The molecule has 98 valence electrons. The van der Waals surface area contributed by atoms with Crippen LogP contribution >= 0.6 is 15.9 Å². The van der Waals surface area contributed by atoms with E-state index in [9.17, 15) is 9.59 Å². The number of halogens is 1. The molecule has 0 saturated carbocycles. The van der Waals surface area contributed by atoms with Gasteiger partial charge in [-0.1, -0.05) is 31.9 Å². The monoisotopic (exact) mass is 313 g/mol. The molecule has 4 nitrogen and oxygen atoms in total. The fourth-order valence-corrected chi connectivity index (χ4v) is 2.01. The van der Waals surface area contributed by atoms with Gasteiger partial charge in [0.2, 0.25) is 0 Å². The predicted molar refractivity (Wildman–Crippen MR) is 72.6 cm³/mol. The summed E-state index contributed by atoms with van der Waals surface area (Å²) >= 11 is 3.27. The van der Waals surface area contributed by atoms with Crippen LogP contribution in [0.5, 0.6) is 0 Å². The standard InChI is InChI=1S/C13H16BrNO3/c1-2-3-8-11(13(17)18)15-12(16)9-6-4-5-7-10(9)14/h4-7,11H,2-3,8H2,1H3,(H,15,16)(H,17,18)/t11-/m0/s1. The average molecular weight is 314 g/mol. The SMILES string of the molecule is CCCC[C@H](NC(=O)c1ccccc1Br)C(=O)O. The Balaban J connectivity index is 2.72. The lowest BCUT2D eigenvalue weighted by Crippen LogP contribution is -2.40. The van der Waals surface area contributed by atoms with E-state index in [2.05, 4.69) is 21.2 Å². The molecule has 0 bridgehead atoms. The zero-order valence-corrected chi connectivity index (χ0v) is 11.7. The first kappa shape index (κ1) is 14.7. The van der Waals surface area contributed by atoms with Crippen molar-refractivity contribution in [2.45, 2.75) is 32.2 Å². The van der Waals surface area contributed by atoms with E-state index in [1.807, 2.05) is 6.92 Å². The zero-order chi connectivity index (χ0) is 13.5. The largest absolute Gasteiger partial charge is 0.480 e. The second-order valence-electron chi connectivity index (χ2n) is 3.99. The maximum absolute atomic E-state index is 11.9. The Kier molecular flexibility index (Phi) is 5.85. The zero-order valence-electron chi connectivity index (χ0n) is 10.1. The van der Waals surface area contributed by atoms with Gasteiger partial charge >= 0.3 is 5.97 Å². The lowest BCUT2D eigenvalue weighted by Gasteiger charge is -2.14. The molecule has 0 aliphatic carbocycles. The van der Waals surface area contributed by atoms with Crippen LogP contribution in [0.25, 0.3) is 0 Å². The first-order valence-corrected chi connectivity index (χ1v) is 6.63. The van der Waals surface area contributed by atoms with Crippen molar-refractivity contribution < 1.29 is 14.7 Å². The molecule has 2 N–H and O–H groups in total. The summed E-state index contributed by atoms with van der Waals surface area (Å²) in [6.07, 6.45) is 2.11. The molecule has 1 amide bonds. The van der Waals surface area contributed by atoms with Gasteiger partial charge in [0, 0.05) is 4.47 Å². The van der Waals surface area contributed by atoms with Crippen molar-refractivity contribution in [3.63, 3.8) is 0 Å². The number of carbonyl (C=O) groups is 2. The Hall–Kier alpha value is -1.36. The quantitative estimate of drug-likeness (QED) is 0.848. The minimum Gasteiger partial charge on any atom is -0.480 e. The third-order valence-electron chi connectivity index (χ3n) is 2.57. The van der Waals surface area contributed by atoms with E-state index in [4.69, 9.17) is 5.11 Å². The van der Waals surface area contributed by atoms with Crippen molar-refractivity contribution in [3.05, 3.63) is 34.3 Å². The average Bonchev–Trinajstić information content (AvgIpc) is 2.34. The molecule has 18 heavy (non-hydrogen) atoms. The Morgan fingerprint density at radius 3 is 2.61 bits per heavy atom. The molecule has 0 aliphatic rings. The van der Waals surface area contributed by atoms with Gasteiger partial charge in [-0.15, -0.1) is 0 Å². The summed E-state index contributed by atoms with van der Waals surface area (Å²) in [5.74, 6) is -1.37. The van der Waals surface area contributed by atoms with E-state index in [1.54, 1.807) is 24.3 Å². The van der Waals surface area contributed by atoms with Crippen molar-refractivity contribution in [2.24, 2.45) is 0 Å². The third kappa shape index (κ3) is 4.14. The predicted octanol–water partition coefficient (Wildman–Crippen LogP) is 2.82. The Morgan fingerprint density at radius 2 is 2.06 bits per heavy atom. The minimum absolute atomic E-state index is 0.369. The highest BCUT2D eigenvalue weighted by Gasteiger charge is 2.20. The van der Waals surface area contributed by atoms with Crippen LogP contribution in [-0.4, -0.2) is 23.0 Å². The van der Waals surface area contributed by atoms with Crippen LogP contribution in [0, 0.1) is 0 Å². The third-order valence-corrected chi connectivity index (χ3v) is 3.26. The van der Waals surface area contributed by atoms with Crippen LogP contribution in [0.2, 0.25) is 0 Å². The van der Waals surface area contributed by atoms with Crippen molar-refractivity contribution in [1.29, 1.82) is 0 Å². The number of rotatable bonds is 6. The van der Waals surface area contributed by atoms with Crippen LogP contribution in [0.15, 0.2) is 28.7 Å². The highest BCUT2D eigenvalue weighted by molar-refractivity contribution is 9.10. The topological polar surface area (TPSA) is 66.4 Å². The summed E-state index contributed by atoms with van der Waals surface area (Å²) < 4.78 is 0.655. The van der Waals surface area contributed by atoms with E-state index in [0.717, 1.165) is 12.8 Å². The van der Waals surface area contributed by atoms with E-state index in [1.165, 1.54) is 0 Å². The summed E-state index contributed by atoms with van der Waals surface area (Å²) in [5.41, 5.74) is 0.445. The maximum Gasteiger partial charge on any atom is 0.326 e. The van der Waals surface area contributed by atoms with E-state index in [-0.39, 0.29) is 5.91 Å². The molecular formula is C13H16BrNO3. The number of carboxylic acids is 1. The van der Waals surface area contributed by atoms with Crippen LogP contribution in [0.4, 0.5) is 0 Å². The number of carboxylic acid groups (broad SMARTS) is 1. The molecule has 0 aromatic heterocycles. The second kappa shape index (κ2) is 7.16. The lowest BCUT2D eigenvalue weighted by atomic mass is 10.1. The molecule has 0 radical (unpaired) electrons. The molecule has 0 fully saturated rings. The fourth-order valence-electron chi connectivity index (χ4n) is 1.55. The fraction of sp³-hybridized carbons (Fsp3) is 0.385. The Labute approximate surface area is 115 Å². The molecule has 0 spiro atoms. The summed E-state index contributed by atoms with van der Waals surface area (Å²) in [6.45, 7) is 1.98. The van der Waals surface area contributed by atoms with Gasteiger partial charge in [-0.3, -0.25) is 4.79 Å². The first-order chi connectivity index (χ1) is 8.56. The van der Waals surface area contributed by atoms with Gasteiger partial charge in [-0.05, 0) is 34.5 Å². The summed E-state index contributed by atoms with van der Waals surface area (Å²) in [7, 11) is 0. The van der Waals surface area contributed by atoms with E-state index in [0.29, 0.717) is 16.5 Å². The van der Waals surface area contributed by atoms with E-state index < -0.39 is 12.0 Å². The number of amides is 1. The lowest BCUT2D eigenvalue weighted by molar-refractivity contribution is -0.139. The molecule has 0 unspecified atom stereocenters. The van der Waals surface area contributed by atoms with E-state index >= 15 is 0 Å². The van der Waals surface area contributed by atoms with Gasteiger partial charge in [0.15, 0.2) is 0 Å². The molecule has 5 heteroatoms. The van der Waals surface area contributed by atoms with Crippen molar-refractivity contribution in [2.75, 3.05) is 0 Å². The summed E-state index contributed by atoms with van der Waals surface area (Å²) in [4.78, 5) is 23.0. The molecule has 1 atom stereocenters. The van der Waals surface area contributed by atoms with Gasteiger partial charge in [0.1, 0.15) is 6.04 Å². The van der Waals surface area contributed by atoms with Gasteiger partial charge < -0.3 is 10.4 Å². The van der Waals surface area contributed by atoms with Crippen LogP contribution < -0.4 is 5.32 Å². The van der Waals surface area contributed by atoms with Crippen molar-refractivity contribution in [1.82, 2.24) is 5.32 Å². The summed E-state index contributed by atoms with van der Waals surface area (Å²) in [6, 6.07) is 6.10. The van der Waals surface area contributed by atoms with Crippen molar-refractivity contribution in [3.8, 4) is 0 Å². The molecule has 0 aliphatic heterocycles. The smallest absolute Gasteiger partial charge is 0.326 e. The van der Waals surface area contributed by atoms with Gasteiger partial charge in [-0.25, -0.2) is 4.79 Å². The molecule has 0 heterocycles. The minimum atomic E-state index is -0.996. The van der Waals surface area contributed by atoms with Crippen LogP contribution in [-0.2, 0) is 4.79 Å². The molecule has 1 aromatic carbocycles. The number of nitrogens with one attached hydrogen (secondary N) is 1. The second-order valence-corrected chi connectivity index (χ2v) is 4.84. The van der Waals surface area contributed by atoms with Crippen LogP contribution in [0.1, 0.15) is 36.5 Å². The molecular weight excluding hydrogens is 298 g/mol. The Bertz CT molecular complexity index is 434. The number of aliphatic carboxylic acids is 1. The first-order valence-electron chi connectivity index (χ1n) is 5.84. The molecule has 0 saturated heterocycles. The number of hydrogen-bond donors (Lipinski definition) is 2. The normalized spacial score (nSPS) is 11.9. The maximum atomic E-state index is 11.9. The van der Waals surface area contributed by atoms with Gasteiger partial charge in [0.05, 0.1) is 5.56 Å². The highest BCUT2D eigenvalue weighted by atomic mass is 79.9. The number of unbranched alkanes of at least 4 members (excludes halogenated alkanes) is 1.